The molecule has 1 aromatic rings. The summed E-state index contributed by atoms with van der Waals surface area (Å²) in [7, 11) is 0. The highest BCUT2D eigenvalue weighted by molar-refractivity contribution is 7.14. The molecule has 0 aliphatic rings. The number of thiophene rings is 1. The largest absolute Gasteiger partial charge is 0.396 e. The number of aliphatic hydroxyl groups excluding tert-OH is 1. The molecule has 0 aromatic carbocycles. The third-order valence-electron chi connectivity index (χ3n) is 2.31. The Bertz CT molecular complexity index is 327. The third-order valence-corrected chi connectivity index (χ3v) is 3.46. The number of aryl methyl sites for hydroxylation is 2. The molecule has 3 nitrogen and oxygen atoms in total. The number of hydrogen-bond donors (Lipinski definition) is 2. The molecule has 0 aliphatic carbocycles. The maximum Gasteiger partial charge on any atom is 0.261 e. The van der Waals surface area contributed by atoms with E-state index in [2.05, 4.69) is 5.32 Å². The number of amides is 1. The lowest BCUT2D eigenvalue weighted by Gasteiger charge is -2.08. The van der Waals surface area contributed by atoms with Gasteiger partial charge in [-0.15, -0.1) is 11.3 Å². The molecule has 84 valence electrons. The molecule has 0 saturated carbocycles. The molecule has 1 aromatic heterocycles. The van der Waals surface area contributed by atoms with Crippen molar-refractivity contribution >= 4 is 17.2 Å². The van der Waals surface area contributed by atoms with Crippen molar-refractivity contribution in [3.8, 4) is 0 Å². The van der Waals surface area contributed by atoms with Gasteiger partial charge in [0.1, 0.15) is 0 Å². The molecule has 0 fully saturated rings. The van der Waals surface area contributed by atoms with Crippen molar-refractivity contribution in [2.75, 3.05) is 13.2 Å². The van der Waals surface area contributed by atoms with Gasteiger partial charge in [0.2, 0.25) is 0 Å². The minimum atomic E-state index is -0.0449. The maximum atomic E-state index is 11.6. The van der Waals surface area contributed by atoms with Crippen molar-refractivity contribution in [3.63, 3.8) is 0 Å². The smallest absolute Gasteiger partial charge is 0.261 e. The molecule has 1 amide bonds. The number of aliphatic hydroxyl groups is 1. The molecular formula is C11H17NO2S. The molecule has 0 bridgehead atoms. The lowest BCUT2D eigenvalue weighted by atomic mass is 10.2. The van der Waals surface area contributed by atoms with Crippen LogP contribution in [0.3, 0.4) is 0 Å². The zero-order chi connectivity index (χ0) is 11.4. The van der Waals surface area contributed by atoms with E-state index in [1.165, 1.54) is 16.2 Å². The molecule has 0 spiro atoms. The molecule has 2 N–H and O–H groups in total. The topological polar surface area (TPSA) is 49.3 Å². The van der Waals surface area contributed by atoms with Crippen LogP contribution in [-0.2, 0) is 0 Å². The molecule has 0 radical (unpaired) electrons. The van der Waals surface area contributed by atoms with E-state index in [0.29, 0.717) is 6.54 Å². The van der Waals surface area contributed by atoms with E-state index < -0.39 is 0 Å². The van der Waals surface area contributed by atoms with E-state index in [0.717, 1.165) is 10.4 Å². The van der Waals surface area contributed by atoms with Gasteiger partial charge >= 0.3 is 0 Å². The lowest BCUT2D eigenvalue weighted by Crippen LogP contribution is -2.28. The highest BCUT2D eigenvalue weighted by Crippen LogP contribution is 2.20. The van der Waals surface area contributed by atoms with Gasteiger partial charge in [-0.3, -0.25) is 4.79 Å². The Morgan fingerprint density at radius 2 is 2.27 bits per heavy atom. The second-order valence-electron chi connectivity index (χ2n) is 3.85. The Morgan fingerprint density at radius 3 is 2.73 bits per heavy atom. The minimum absolute atomic E-state index is 0.0449. The van der Waals surface area contributed by atoms with Gasteiger partial charge in [-0.1, -0.05) is 6.92 Å². The fraction of sp³-hybridized carbons (Fsp3) is 0.545. The van der Waals surface area contributed by atoms with Crippen LogP contribution >= 0.6 is 11.3 Å². The fourth-order valence-corrected chi connectivity index (χ4v) is 2.05. The van der Waals surface area contributed by atoms with Gasteiger partial charge in [0.25, 0.3) is 5.91 Å². The standard InChI is InChI=1S/C11H17NO2S/c1-7(6-13)5-12-11(14)10-4-8(2)9(3)15-10/h4,7,13H,5-6H2,1-3H3,(H,12,14). The van der Waals surface area contributed by atoms with Gasteiger partial charge in [-0.25, -0.2) is 0 Å². The summed E-state index contributed by atoms with van der Waals surface area (Å²) in [6, 6.07) is 1.90. The van der Waals surface area contributed by atoms with E-state index >= 15 is 0 Å². The van der Waals surface area contributed by atoms with Crippen molar-refractivity contribution in [2.24, 2.45) is 5.92 Å². The second kappa shape index (κ2) is 5.28. The summed E-state index contributed by atoms with van der Waals surface area (Å²) in [6.45, 7) is 6.52. The van der Waals surface area contributed by atoms with E-state index in [1.54, 1.807) is 0 Å². The first-order valence-corrected chi connectivity index (χ1v) is 5.82. The predicted molar refractivity (Wildman–Crippen MR) is 62.4 cm³/mol. The summed E-state index contributed by atoms with van der Waals surface area (Å²) in [6.07, 6.45) is 0. The van der Waals surface area contributed by atoms with Crippen LogP contribution in [0.5, 0.6) is 0 Å². The average Bonchev–Trinajstić information content (AvgIpc) is 2.55. The minimum Gasteiger partial charge on any atom is -0.396 e. The van der Waals surface area contributed by atoms with Gasteiger partial charge in [-0.2, -0.15) is 0 Å². The normalized spacial score (nSPS) is 12.5. The Hall–Kier alpha value is -0.870. The fourth-order valence-electron chi connectivity index (χ4n) is 1.10. The number of hydrogen-bond acceptors (Lipinski definition) is 3. The first-order chi connectivity index (χ1) is 7.04. The van der Waals surface area contributed by atoms with Crippen molar-refractivity contribution in [1.82, 2.24) is 5.32 Å². The Morgan fingerprint density at radius 1 is 1.60 bits per heavy atom. The SMILES string of the molecule is Cc1cc(C(=O)NCC(C)CO)sc1C. The summed E-state index contributed by atoms with van der Waals surface area (Å²) in [5.41, 5.74) is 1.15. The van der Waals surface area contributed by atoms with Gasteiger partial charge in [0.15, 0.2) is 0 Å². The van der Waals surface area contributed by atoms with E-state index in [4.69, 9.17) is 5.11 Å². The number of carbonyl (C=O) groups excluding carboxylic acids is 1. The molecule has 4 heteroatoms. The molecule has 1 atom stereocenters. The summed E-state index contributed by atoms with van der Waals surface area (Å²) in [4.78, 5) is 13.6. The predicted octanol–water partition coefficient (Wildman–Crippen LogP) is 1.72. The molecule has 1 heterocycles. The van der Waals surface area contributed by atoms with Gasteiger partial charge in [0.05, 0.1) is 4.88 Å². The Labute approximate surface area is 94.1 Å². The van der Waals surface area contributed by atoms with Gasteiger partial charge in [-0.05, 0) is 31.4 Å². The first kappa shape index (κ1) is 12.2. The van der Waals surface area contributed by atoms with Crippen LogP contribution in [0.15, 0.2) is 6.07 Å². The van der Waals surface area contributed by atoms with Gasteiger partial charge < -0.3 is 10.4 Å². The molecule has 0 aliphatic heterocycles. The van der Waals surface area contributed by atoms with Crippen LogP contribution in [0.4, 0.5) is 0 Å². The van der Waals surface area contributed by atoms with Crippen LogP contribution in [0.25, 0.3) is 0 Å². The summed E-state index contributed by atoms with van der Waals surface area (Å²) in [5, 5.41) is 11.6. The lowest BCUT2D eigenvalue weighted by molar-refractivity contribution is 0.0946. The molecular weight excluding hydrogens is 210 g/mol. The number of nitrogens with one attached hydrogen (secondary N) is 1. The van der Waals surface area contributed by atoms with Crippen molar-refractivity contribution < 1.29 is 9.90 Å². The summed E-state index contributed by atoms with van der Waals surface area (Å²) in [5.74, 6) is 0.0626. The summed E-state index contributed by atoms with van der Waals surface area (Å²) < 4.78 is 0. The molecule has 1 rings (SSSR count). The zero-order valence-corrected chi connectivity index (χ0v) is 10.1. The van der Waals surface area contributed by atoms with E-state index in [-0.39, 0.29) is 18.4 Å². The Balaban J connectivity index is 2.54. The zero-order valence-electron chi connectivity index (χ0n) is 9.33. The van der Waals surface area contributed by atoms with Gasteiger partial charge in [0, 0.05) is 18.0 Å². The Kier molecular flexibility index (Phi) is 4.29. The third kappa shape index (κ3) is 3.32. The number of carbonyl (C=O) groups is 1. The van der Waals surface area contributed by atoms with Crippen molar-refractivity contribution in [3.05, 3.63) is 21.4 Å². The van der Waals surface area contributed by atoms with E-state index in [1.807, 2.05) is 26.8 Å². The highest BCUT2D eigenvalue weighted by Gasteiger charge is 2.10. The molecule has 1 unspecified atom stereocenters. The number of rotatable bonds is 4. The van der Waals surface area contributed by atoms with Crippen LogP contribution in [0, 0.1) is 19.8 Å². The maximum absolute atomic E-state index is 11.6. The van der Waals surface area contributed by atoms with Crippen LogP contribution in [-0.4, -0.2) is 24.2 Å². The van der Waals surface area contributed by atoms with Crippen LogP contribution in [0.1, 0.15) is 27.0 Å². The van der Waals surface area contributed by atoms with Crippen molar-refractivity contribution in [1.29, 1.82) is 0 Å². The molecule has 0 saturated heterocycles. The van der Waals surface area contributed by atoms with Crippen LogP contribution < -0.4 is 5.32 Å². The molecule has 15 heavy (non-hydrogen) atoms. The monoisotopic (exact) mass is 227 g/mol. The first-order valence-electron chi connectivity index (χ1n) is 5.00. The quantitative estimate of drug-likeness (QED) is 0.823. The van der Waals surface area contributed by atoms with Crippen LogP contribution in [0.2, 0.25) is 0 Å². The van der Waals surface area contributed by atoms with E-state index in [9.17, 15) is 4.79 Å². The summed E-state index contributed by atoms with van der Waals surface area (Å²) >= 11 is 1.51. The second-order valence-corrected chi connectivity index (χ2v) is 5.10. The highest BCUT2D eigenvalue weighted by atomic mass is 32.1. The average molecular weight is 227 g/mol. The van der Waals surface area contributed by atoms with Crippen molar-refractivity contribution in [2.45, 2.75) is 20.8 Å².